The molecule has 0 bridgehead atoms. The zero-order chi connectivity index (χ0) is 24.0. The van der Waals surface area contributed by atoms with Crippen LogP contribution in [0.2, 0.25) is 5.02 Å². The van der Waals surface area contributed by atoms with E-state index in [2.05, 4.69) is 10.5 Å². The maximum Gasteiger partial charge on any atom is 0.264 e. The molecule has 0 fully saturated rings. The number of nitrogens with zero attached hydrogens (tertiary/aromatic N) is 2. The lowest BCUT2D eigenvalue weighted by molar-refractivity contribution is -0.119. The Morgan fingerprint density at radius 2 is 1.73 bits per heavy atom. The van der Waals surface area contributed by atoms with Gasteiger partial charge in [0, 0.05) is 5.02 Å². The molecule has 172 valence electrons. The molecule has 3 aromatic rings. The third-order valence-corrected chi connectivity index (χ3v) is 6.85. The number of halogens is 1. The van der Waals surface area contributed by atoms with E-state index in [0.29, 0.717) is 22.0 Å². The van der Waals surface area contributed by atoms with E-state index >= 15 is 0 Å². The standard InChI is InChI=1S/C24H24ClN3O4S/c1-17-4-11-22(12-5-17)33(30,31)28(23-13-8-20(25)14-18(23)2)16-24(29)27-26-15-19-6-9-21(32-3)10-7-19/h4-15H,16H2,1-3H3,(H,27,29)/b26-15-. The first-order valence-electron chi connectivity index (χ1n) is 10.0. The largest absolute Gasteiger partial charge is 0.497 e. The number of ether oxygens (including phenoxy) is 1. The van der Waals surface area contributed by atoms with E-state index in [0.717, 1.165) is 15.4 Å². The van der Waals surface area contributed by atoms with Crippen molar-refractivity contribution in [3.05, 3.63) is 88.4 Å². The van der Waals surface area contributed by atoms with E-state index in [4.69, 9.17) is 16.3 Å². The molecule has 0 saturated heterocycles. The van der Waals surface area contributed by atoms with Gasteiger partial charge < -0.3 is 4.74 Å². The highest BCUT2D eigenvalue weighted by Gasteiger charge is 2.28. The molecule has 0 heterocycles. The third kappa shape index (κ3) is 6.12. The minimum Gasteiger partial charge on any atom is -0.497 e. The van der Waals surface area contributed by atoms with Crippen LogP contribution < -0.4 is 14.5 Å². The summed E-state index contributed by atoms with van der Waals surface area (Å²) in [5, 5.41) is 4.41. The van der Waals surface area contributed by atoms with Gasteiger partial charge in [-0.3, -0.25) is 9.10 Å². The average molecular weight is 486 g/mol. The number of anilines is 1. The Bertz CT molecular complexity index is 1260. The Morgan fingerprint density at radius 1 is 1.06 bits per heavy atom. The van der Waals surface area contributed by atoms with Gasteiger partial charge in [0.2, 0.25) is 0 Å². The molecule has 0 radical (unpaired) electrons. The molecule has 0 aliphatic rings. The number of sulfonamides is 1. The highest BCUT2D eigenvalue weighted by molar-refractivity contribution is 7.92. The molecule has 3 aromatic carbocycles. The monoisotopic (exact) mass is 485 g/mol. The molecule has 1 amide bonds. The van der Waals surface area contributed by atoms with Gasteiger partial charge in [0.05, 0.1) is 23.9 Å². The summed E-state index contributed by atoms with van der Waals surface area (Å²) in [6.45, 7) is 3.14. The number of amides is 1. The Morgan fingerprint density at radius 3 is 2.33 bits per heavy atom. The number of hydrogen-bond acceptors (Lipinski definition) is 5. The van der Waals surface area contributed by atoms with Gasteiger partial charge in [0.15, 0.2) is 0 Å². The van der Waals surface area contributed by atoms with Crippen LogP contribution in [0.4, 0.5) is 5.69 Å². The van der Waals surface area contributed by atoms with Crippen LogP contribution in [0.3, 0.4) is 0 Å². The first-order chi connectivity index (χ1) is 15.7. The molecule has 7 nitrogen and oxygen atoms in total. The van der Waals surface area contributed by atoms with E-state index < -0.39 is 22.5 Å². The van der Waals surface area contributed by atoms with Crippen molar-refractivity contribution in [2.24, 2.45) is 5.10 Å². The fourth-order valence-corrected chi connectivity index (χ4v) is 4.78. The maximum absolute atomic E-state index is 13.4. The predicted molar refractivity (Wildman–Crippen MR) is 131 cm³/mol. The molecule has 9 heteroatoms. The maximum atomic E-state index is 13.4. The van der Waals surface area contributed by atoms with E-state index in [-0.39, 0.29) is 4.90 Å². The van der Waals surface area contributed by atoms with Gasteiger partial charge in [-0.25, -0.2) is 13.8 Å². The van der Waals surface area contributed by atoms with Crippen molar-refractivity contribution in [3.8, 4) is 5.75 Å². The second-order valence-electron chi connectivity index (χ2n) is 7.32. The molecular formula is C24H24ClN3O4S. The van der Waals surface area contributed by atoms with E-state index in [1.54, 1.807) is 68.6 Å². The summed E-state index contributed by atoms with van der Waals surface area (Å²) < 4.78 is 33.0. The second kappa shape index (κ2) is 10.5. The Balaban J connectivity index is 1.85. The van der Waals surface area contributed by atoms with Crippen molar-refractivity contribution in [2.75, 3.05) is 18.0 Å². The van der Waals surface area contributed by atoms with E-state index in [1.807, 2.05) is 6.92 Å². The van der Waals surface area contributed by atoms with Crippen molar-refractivity contribution in [2.45, 2.75) is 18.7 Å². The van der Waals surface area contributed by atoms with Crippen LogP contribution in [0.15, 0.2) is 76.7 Å². The smallest absolute Gasteiger partial charge is 0.264 e. The SMILES string of the molecule is COc1ccc(/C=N\NC(=O)CN(c2ccc(Cl)cc2C)S(=O)(=O)c2ccc(C)cc2)cc1. The summed E-state index contributed by atoms with van der Waals surface area (Å²) >= 11 is 6.05. The lowest BCUT2D eigenvalue weighted by Gasteiger charge is -2.25. The van der Waals surface area contributed by atoms with Gasteiger partial charge in [-0.2, -0.15) is 5.10 Å². The fraction of sp³-hybridized carbons (Fsp3) is 0.167. The molecule has 0 aliphatic carbocycles. The van der Waals surface area contributed by atoms with Crippen LogP contribution in [0.25, 0.3) is 0 Å². The molecule has 3 rings (SSSR count). The van der Waals surface area contributed by atoms with Crippen LogP contribution in [0.5, 0.6) is 5.75 Å². The Labute approximate surface area is 198 Å². The Kier molecular flexibility index (Phi) is 7.73. The van der Waals surface area contributed by atoms with Crippen LogP contribution in [0, 0.1) is 13.8 Å². The number of nitrogens with one attached hydrogen (secondary N) is 1. The number of methoxy groups -OCH3 is 1. The summed E-state index contributed by atoms with van der Waals surface area (Å²) in [4.78, 5) is 12.7. The number of hydrogen-bond donors (Lipinski definition) is 1. The van der Waals surface area contributed by atoms with Gasteiger partial charge in [-0.05, 0) is 79.6 Å². The quantitative estimate of drug-likeness (QED) is 0.380. The minimum absolute atomic E-state index is 0.0805. The van der Waals surface area contributed by atoms with Gasteiger partial charge in [-0.1, -0.05) is 29.3 Å². The average Bonchev–Trinajstić information content (AvgIpc) is 2.78. The predicted octanol–water partition coefficient (Wildman–Crippen LogP) is 4.31. The fourth-order valence-electron chi connectivity index (χ4n) is 3.07. The van der Waals surface area contributed by atoms with Gasteiger partial charge in [-0.15, -0.1) is 0 Å². The van der Waals surface area contributed by atoms with Gasteiger partial charge >= 0.3 is 0 Å². The highest BCUT2D eigenvalue weighted by atomic mass is 35.5. The van der Waals surface area contributed by atoms with Crippen molar-refractivity contribution < 1.29 is 17.9 Å². The zero-order valence-electron chi connectivity index (χ0n) is 18.4. The Hall–Kier alpha value is -3.36. The molecule has 33 heavy (non-hydrogen) atoms. The molecule has 0 saturated carbocycles. The lowest BCUT2D eigenvalue weighted by atomic mass is 10.2. The number of aryl methyl sites for hydroxylation is 2. The zero-order valence-corrected chi connectivity index (χ0v) is 20.0. The van der Waals surface area contributed by atoms with Crippen molar-refractivity contribution in [1.29, 1.82) is 0 Å². The van der Waals surface area contributed by atoms with Crippen molar-refractivity contribution in [1.82, 2.24) is 5.43 Å². The van der Waals surface area contributed by atoms with Crippen molar-refractivity contribution in [3.63, 3.8) is 0 Å². The number of rotatable bonds is 8. The first kappa shape index (κ1) is 24.3. The normalized spacial score (nSPS) is 11.4. The van der Waals surface area contributed by atoms with E-state index in [1.165, 1.54) is 18.3 Å². The molecule has 0 aromatic heterocycles. The molecular weight excluding hydrogens is 462 g/mol. The van der Waals surface area contributed by atoms with Gasteiger partial charge in [0.25, 0.3) is 15.9 Å². The highest BCUT2D eigenvalue weighted by Crippen LogP contribution is 2.29. The number of hydrazone groups is 1. The summed E-state index contributed by atoms with van der Waals surface area (Å²) in [6.07, 6.45) is 1.46. The molecule has 0 unspecified atom stereocenters. The first-order valence-corrected chi connectivity index (χ1v) is 11.8. The lowest BCUT2D eigenvalue weighted by Crippen LogP contribution is -2.40. The molecule has 1 N–H and O–H groups in total. The van der Waals surface area contributed by atoms with Crippen LogP contribution in [-0.2, 0) is 14.8 Å². The number of benzene rings is 3. The van der Waals surface area contributed by atoms with E-state index in [9.17, 15) is 13.2 Å². The molecule has 0 atom stereocenters. The summed E-state index contributed by atoms with van der Waals surface area (Å²) in [5.74, 6) is 0.108. The second-order valence-corrected chi connectivity index (χ2v) is 9.62. The summed E-state index contributed by atoms with van der Waals surface area (Å²) in [7, 11) is -2.45. The molecule has 0 spiro atoms. The third-order valence-electron chi connectivity index (χ3n) is 4.84. The van der Waals surface area contributed by atoms with Crippen LogP contribution in [-0.4, -0.2) is 34.2 Å². The molecule has 0 aliphatic heterocycles. The number of carbonyl (C=O) groups excluding carboxylic acids is 1. The summed E-state index contributed by atoms with van der Waals surface area (Å²) in [5.41, 5.74) is 5.03. The summed E-state index contributed by atoms with van der Waals surface area (Å²) in [6, 6.07) is 18.3. The van der Waals surface area contributed by atoms with Gasteiger partial charge in [0.1, 0.15) is 12.3 Å². The minimum atomic E-state index is -4.02. The van der Waals surface area contributed by atoms with Crippen molar-refractivity contribution >= 4 is 39.4 Å². The van der Waals surface area contributed by atoms with Crippen LogP contribution in [0.1, 0.15) is 16.7 Å². The van der Waals surface area contributed by atoms with Crippen LogP contribution >= 0.6 is 11.6 Å². The topological polar surface area (TPSA) is 88.1 Å². The number of carbonyl (C=O) groups is 1.